The van der Waals surface area contributed by atoms with E-state index in [0.29, 0.717) is 12.7 Å². The van der Waals surface area contributed by atoms with E-state index in [1.807, 2.05) is 18.2 Å². The number of amides is 1. The molecule has 1 aliphatic rings. The van der Waals surface area contributed by atoms with Crippen molar-refractivity contribution in [1.29, 1.82) is 0 Å². The zero-order valence-electron chi connectivity index (χ0n) is 16.1. The number of fused-ring (bicyclic) bond motifs is 1. The van der Waals surface area contributed by atoms with Gasteiger partial charge in [0.25, 0.3) is 0 Å². The molecule has 0 saturated carbocycles. The molecule has 3 aromatic rings. The molecule has 1 aliphatic heterocycles. The zero-order valence-corrected chi connectivity index (χ0v) is 17.7. The number of rotatable bonds is 7. The van der Waals surface area contributed by atoms with Crippen LogP contribution in [0.3, 0.4) is 0 Å². The maximum Gasteiger partial charge on any atom is 0.312 e. The first-order valence-corrected chi connectivity index (χ1v) is 10.6. The lowest BCUT2D eigenvalue weighted by molar-refractivity contribution is -0.129. The van der Waals surface area contributed by atoms with Gasteiger partial charge in [-0.05, 0) is 23.3 Å². The predicted molar refractivity (Wildman–Crippen MR) is 111 cm³/mol. The molecule has 2 N–H and O–H groups in total. The number of nitrogen functional groups attached to an aromatic ring is 1. The summed E-state index contributed by atoms with van der Waals surface area (Å²) in [5.74, 6) is -1.04. The van der Waals surface area contributed by atoms with Crippen molar-refractivity contribution >= 4 is 35.3 Å². The summed E-state index contributed by atoms with van der Waals surface area (Å²) in [4.78, 5) is 14.6. The van der Waals surface area contributed by atoms with Crippen LogP contribution in [0, 0.1) is 11.6 Å². The number of benzene rings is 2. The lowest BCUT2D eigenvalue weighted by Gasteiger charge is -2.21. The second-order valence-electron chi connectivity index (χ2n) is 6.81. The second-order valence-corrected chi connectivity index (χ2v) is 8.21. The van der Waals surface area contributed by atoms with Crippen molar-refractivity contribution in [2.75, 3.05) is 18.1 Å². The number of nitrogens with zero attached hydrogens (tertiary/aromatic N) is 3. The fourth-order valence-corrected chi connectivity index (χ4v) is 4.31. The number of carbonyl (C=O) groups excluding carboxylic acids is 1. The number of ether oxygens (including phenoxy) is 1. The summed E-state index contributed by atoms with van der Waals surface area (Å²) in [5, 5.41) is 7.19. The van der Waals surface area contributed by atoms with Crippen LogP contribution in [0.25, 0.3) is 0 Å². The maximum atomic E-state index is 13.7. The zero-order chi connectivity index (χ0) is 22.0. The average Bonchev–Trinajstić information content (AvgIpc) is 3.37. The van der Waals surface area contributed by atoms with Gasteiger partial charge in [-0.15, -0.1) is 16.9 Å². The van der Waals surface area contributed by atoms with Gasteiger partial charge in [0, 0.05) is 23.9 Å². The third kappa shape index (κ3) is 5.08. The third-order valence-electron chi connectivity index (χ3n) is 4.60. The third-order valence-corrected chi connectivity index (χ3v) is 6.12. The van der Waals surface area contributed by atoms with Crippen LogP contribution in [0.2, 0.25) is 5.02 Å². The highest BCUT2D eigenvalue weighted by atomic mass is 35.5. The average molecular weight is 467 g/mol. The van der Waals surface area contributed by atoms with Crippen molar-refractivity contribution in [2.45, 2.75) is 24.4 Å². The van der Waals surface area contributed by atoms with E-state index in [1.54, 1.807) is 0 Å². The Labute approximate surface area is 185 Å². The minimum atomic E-state index is -0.879. The number of anilines is 1. The molecule has 0 unspecified atom stereocenters. The van der Waals surface area contributed by atoms with Crippen molar-refractivity contribution in [2.24, 2.45) is 0 Å². The van der Waals surface area contributed by atoms with E-state index in [9.17, 15) is 13.6 Å². The maximum absolute atomic E-state index is 13.7. The molecule has 0 spiro atoms. The van der Waals surface area contributed by atoms with Crippen LogP contribution in [-0.2, 0) is 24.3 Å². The standard InChI is InChI=1S/C20H17ClF2N4O3S/c21-19-14(23)6-13(22)7-16(19)31-10-18(28)27(9-17-25-26-20(24)30-17)8-11-1-2-15-12(5-11)3-4-29-15/h1-2,5-7H,3-4,8-10H2,(H2,24,26). The number of nitrogens with two attached hydrogens (primary N) is 1. The molecule has 162 valence electrons. The minimum Gasteiger partial charge on any atom is -0.493 e. The highest BCUT2D eigenvalue weighted by Gasteiger charge is 2.21. The van der Waals surface area contributed by atoms with Crippen LogP contribution >= 0.6 is 23.4 Å². The Balaban J connectivity index is 1.51. The molecule has 0 saturated heterocycles. The Morgan fingerprint density at radius 2 is 2.06 bits per heavy atom. The Hall–Kier alpha value is -2.85. The fraction of sp³-hybridized carbons (Fsp3) is 0.250. The van der Waals surface area contributed by atoms with E-state index < -0.39 is 11.6 Å². The second kappa shape index (κ2) is 9.11. The summed E-state index contributed by atoms with van der Waals surface area (Å²) in [5.41, 5.74) is 7.44. The van der Waals surface area contributed by atoms with Crippen molar-refractivity contribution in [3.8, 4) is 5.75 Å². The van der Waals surface area contributed by atoms with E-state index in [2.05, 4.69) is 10.2 Å². The summed E-state index contributed by atoms with van der Waals surface area (Å²) in [6, 6.07) is 7.41. The molecule has 0 atom stereocenters. The first-order valence-electron chi connectivity index (χ1n) is 9.26. The summed E-state index contributed by atoms with van der Waals surface area (Å²) in [7, 11) is 0. The number of halogens is 3. The van der Waals surface area contributed by atoms with Gasteiger partial charge in [-0.3, -0.25) is 4.79 Å². The van der Waals surface area contributed by atoms with E-state index >= 15 is 0 Å². The molecule has 2 heterocycles. The Kier molecular flexibility index (Phi) is 6.28. The first kappa shape index (κ1) is 21.4. The molecule has 2 aromatic carbocycles. The summed E-state index contributed by atoms with van der Waals surface area (Å²) < 4.78 is 37.9. The van der Waals surface area contributed by atoms with Gasteiger partial charge < -0.3 is 19.8 Å². The van der Waals surface area contributed by atoms with Crippen LogP contribution in [0.1, 0.15) is 17.0 Å². The van der Waals surface area contributed by atoms with E-state index in [4.69, 9.17) is 26.5 Å². The normalized spacial score (nSPS) is 12.5. The number of hydrogen-bond acceptors (Lipinski definition) is 7. The highest BCUT2D eigenvalue weighted by Crippen LogP contribution is 2.31. The van der Waals surface area contributed by atoms with Crippen molar-refractivity contribution in [1.82, 2.24) is 15.1 Å². The molecule has 0 bridgehead atoms. The smallest absolute Gasteiger partial charge is 0.312 e. The van der Waals surface area contributed by atoms with Gasteiger partial charge in [-0.1, -0.05) is 28.8 Å². The highest BCUT2D eigenvalue weighted by molar-refractivity contribution is 8.00. The van der Waals surface area contributed by atoms with E-state index in [0.717, 1.165) is 41.1 Å². The predicted octanol–water partition coefficient (Wildman–Crippen LogP) is 3.84. The van der Waals surface area contributed by atoms with Gasteiger partial charge in [-0.25, -0.2) is 8.78 Å². The van der Waals surface area contributed by atoms with Crippen molar-refractivity contribution < 1.29 is 22.7 Å². The SMILES string of the molecule is Nc1nnc(CN(Cc2ccc3c(c2)CCO3)C(=O)CSc2cc(F)cc(F)c2Cl)o1. The molecule has 31 heavy (non-hydrogen) atoms. The lowest BCUT2D eigenvalue weighted by Crippen LogP contribution is -2.31. The van der Waals surface area contributed by atoms with E-state index in [-0.39, 0.29) is 46.6 Å². The molecule has 7 nitrogen and oxygen atoms in total. The van der Waals surface area contributed by atoms with Crippen LogP contribution in [-0.4, -0.2) is 33.4 Å². The Bertz CT molecular complexity index is 1130. The summed E-state index contributed by atoms with van der Waals surface area (Å²) >= 11 is 6.84. The largest absolute Gasteiger partial charge is 0.493 e. The molecule has 0 aliphatic carbocycles. The monoisotopic (exact) mass is 466 g/mol. The molecule has 4 rings (SSSR count). The van der Waals surface area contributed by atoms with Gasteiger partial charge in [0.1, 0.15) is 17.4 Å². The molecule has 0 fully saturated rings. The van der Waals surface area contributed by atoms with Crippen molar-refractivity contribution in [3.63, 3.8) is 0 Å². The van der Waals surface area contributed by atoms with Gasteiger partial charge in [-0.2, -0.15) is 0 Å². The molecular weight excluding hydrogens is 450 g/mol. The van der Waals surface area contributed by atoms with Crippen molar-refractivity contribution in [3.05, 3.63) is 64.0 Å². The van der Waals surface area contributed by atoms with Crippen LogP contribution in [0.15, 0.2) is 39.6 Å². The van der Waals surface area contributed by atoms with E-state index in [1.165, 1.54) is 4.90 Å². The van der Waals surface area contributed by atoms with Gasteiger partial charge in [0.2, 0.25) is 11.8 Å². The van der Waals surface area contributed by atoms with Crippen LogP contribution in [0.5, 0.6) is 5.75 Å². The van der Waals surface area contributed by atoms with Gasteiger partial charge in [0.05, 0.1) is 23.9 Å². The number of hydrogen-bond donors (Lipinski definition) is 1. The topological polar surface area (TPSA) is 94.5 Å². The quantitative estimate of drug-likeness (QED) is 0.417. The number of carbonyl (C=O) groups is 1. The Morgan fingerprint density at radius 1 is 1.23 bits per heavy atom. The molecular formula is C20H17ClF2N4O3S. The number of thioether (sulfide) groups is 1. The summed E-state index contributed by atoms with van der Waals surface area (Å²) in [6.07, 6.45) is 0.802. The molecule has 11 heteroatoms. The lowest BCUT2D eigenvalue weighted by atomic mass is 10.1. The summed E-state index contributed by atoms with van der Waals surface area (Å²) in [6.45, 7) is 0.924. The minimum absolute atomic E-state index is 0.0302. The molecule has 1 amide bonds. The Morgan fingerprint density at radius 3 is 2.84 bits per heavy atom. The van der Waals surface area contributed by atoms with Crippen LogP contribution in [0.4, 0.5) is 14.8 Å². The first-order chi connectivity index (χ1) is 14.9. The number of aromatic nitrogens is 2. The molecule has 0 radical (unpaired) electrons. The molecule has 1 aromatic heterocycles. The van der Waals surface area contributed by atoms with Gasteiger partial charge >= 0.3 is 6.01 Å². The van der Waals surface area contributed by atoms with Gasteiger partial charge in [0.15, 0.2) is 0 Å². The fourth-order valence-electron chi connectivity index (χ4n) is 3.15. The van der Waals surface area contributed by atoms with Crippen LogP contribution < -0.4 is 10.5 Å².